The first kappa shape index (κ1) is 21.0. The zero-order chi connectivity index (χ0) is 20.0. The van der Waals surface area contributed by atoms with Crippen LogP contribution in [0.2, 0.25) is 0 Å². The third-order valence-electron chi connectivity index (χ3n) is 4.12. The molecule has 1 fully saturated rings. The van der Waals surface area contributed by atoms with Gasteiger partial charge in [-0.1, -0.05) is 12.1 Å². The van der Waals surface area contributed by atoms with E-state index in [0.29, 0.717) is 19.4 Å². The second-order valence-corrected chi connectivity index (χ2v) is 7.54. The zero-order valence-electron chi connectivity index (χ0n) is 16.4. The van der Waals surface area contributed by atoms with Gasteiger partial charge in [-0.15, -0.1) is 0 Å². The molecule has 0 aliphatic carbocycles. The fraction of sp³-hybridized carbons (Fsp3) is 0.600. The quantitative estimate of drug-likeness (QED) is 0.699. The van der Waals surface area contributed by atoms with E-state index >= 15 is 0 Å². The zero-order valence-corrected chi connectivity index (χ0v) is 16.4. The third kappa shape index (κ3) is 6.41. The summed E-state index contributed by atoms with van der Waals surface area (Å²) >= 11 is 0. The number of rotatable bonds is 6. The summed E-state index contributed by atoms with van der Waals surface area (Å²) in [7, 11) is 0. The molecule has 0 saturated carbocycles. The van der Waals surface area contributed by atoms with E-state index in [0.717, 1.165) is 0 Å². The van der Waals surface area contributed by atoms with Gasteiger partial charge in [0.2, 0.25) is 0 Å². The SMILES string of the molecule is CCOC(=O)CC[C@@H]1C[C@H](Oc2ccccc2F)CN1C(=O)OC(C)(C)C. The molecule has 0 N–H and O–H groups in total. The molecule has 0 aromatic heterocycles. The maximum Gasteiger partial charge on any atom is 0.410 e. The van der Waals surface area contributed by atoms with Gasteiger partial charge in [0.05, 0.1) is 13.2 Å². The minimum absolute atomic E-state index is 0.151. The summed E-state index contributed by atoms with van der Waals surface area (Å²) in [6, 6.07) is 5.93. The number of carbonyl (C=O) groups is 2. The number of esters is 1. The van der Waals surface area contributed by atoms with E-state index in [-0.39, 0.29) is 36.8 Å². The first-order valence-electron chi connectivity index (χ1n) is 9.26. The molecule has 1 aromatic rings. The Labute approximate surface area is 159 Å². The Hall–Kier alpha value is -2.31. The Kier molecular flexibility index (Phi) is 7.05. The first-order chi connectivity index (χ1) is 12.7. The van der Waals surface area contributed by atoms with Crippen molar-refractivity contribution in [3.63, 3.8) is 0 Å². The van der Waals surface area contributed by atoms with Crippen LogP contribution in [-0.4, -0.2) is 47.9 Å². The highest BCUT2D eigenvalue weighted by Gasteiger charge is 2.39. The van der Waals surface area contributed by atoms with Crippen LogP contribution >= 0.6 is 0 Å². The minimum atomic E-state index is -0.632. The van der Waals surface area contributed by atoms with Gasteiger partial charge in [-0.25, -0.2) is 9.18 Å². The molecule has 1 aliphatic heterocycles. The van der Waals surface area contributed by atoms with Crippen LogP contribution < -0.4 is 4.74 Å². The van der Waals surface area contributed by atoms with Gasteiger partial charge in [0.15, 0.2) is 11.6 Å². The van der Waals surface area contributed by atoms with E-state index in [1.54, 1.807) is 50.8 Å². The van der Waals surface area contributed by atoms with Gasteiger partial charge in [0.25, 0.3) is 0 Å². The Morgan fingerprint density at radius 3 is 2.59 bits per heavy atom. The average Bonchev–Trinajstić information content (AvgIpc) is 2.97. The second kappa shape index (κ2) is 9.06. The lowest BCUT2D eigenvalue weighted by Gasteiger charge is -2.28. The van der Waals surface area contributed by atoms with Crippen molar-refractivity contribution in [3.8, 4) is 5.75 Å². The van der Waals surface area contributed by atoms with Crippen LogP contribution in [0.4, 0.5) is 9.18 Å². The van der Waals surface area contributed by atoms with Crippen LogP contribution in [0.1, 0.15) is 47.0 Å². The summed E-state index contributed by atoms with van der Waals surface area (Å²) in [4.78, 5) is 25.8. The fourth-order valence-corrected chi connectivity index (χ4v) is 3.01. The van der Waals surface area contributed by atoms with Crippen molar-refractivity contribution in [2.75, 3.05) is 13.2 Å². The van der Waals surface area contributed by atoms with Crippen LogP contribution in [0.15, 0.2) is 24.3 Å². The minimum Gasteiger partial charge on any atom is -0.485 e. The largest absolute Gasteiger partial charge is 0.485 e. The normalized spacial score (nSPS) is 19.7. The summed E-state index contributed by atoms with van der Waals surface area (Å²) < 4.78 is 30.1. The number of benzene rings is 1. The molecule has 1 aliphatic rings. The number of hydrogen-bond acceptors (Lipinski definition) is 5. The number of para-hydroxylation sites is 1. The smallest absolute Gasteiger partial charge is 0.410 e. The average molecular weight is 381 g/mol. The number of hydrogen-bond donors (Lipinski definition) is 0. The summed E-state index contributed by atoms with van der Waals surface area (Å²) in [5, 5.41) is 0. The van der Waals surface area contributed by atoms with Crippen molar-refractivity contribution >= 4 is 12.1 Å². The van der Waals surface area contributed by atoms with E-state index < -0.39 is 17.5 Å². The molecule has 2 rings (SSSR count). The van der Waals surface area contributed by atoms with Crippen LogP contribution in [0.5, 0.6) is 5.75 Å². The van der Waals surface area contributed by atoms with Crippen molar-refractivity contribution in [1.29, 1.82) is 0 Å². The molecule has 1 amide bonds. The molecule has 1 heterocycles. The van der Waals surface area contributed by atoms with E-state index in [2.05, 4.69) is 0 Å². The van der Waals surface area contributed by atoms with Gasteiger partial charge < -0.3 is 19.1 Å². The number of likely N-dealkylation sites (tertiary alicyclic amines) is 1. The fourth-order valence-electron chi connectivity index (χ4n) is 3.01. The molecule has 0 bridgehead atoms. The predicted octanol–water partition coefficient (Wildman–Crippen LogP) is 3.93. The van der Waals surface area contributed by atoms with Gasteiger partial charge in [-0.05, 0) is 46.2 Å². The van der Waals surface area contributed by atoms with Gasteiger partial charge in [-0.3, -0.25) is 4.79 Å². The van der Waals surface area contributed by atoms with Crippen molar-refractivity contribution in [2.45, 2.75) is 64.7 Å². The second-order valence-electron chi connectivity index (χ2n) is 7.54. The Bertz CT molecular complexity index is 658. The first-order valence-corrected chi connectivity index (χ1v) is 9.26. The third-order valence-corrected chi connectivity index (χ3v) is 4.12. The van der Waals surface area contributed by atoms with Crippen molar-refractivity contribution < 1.29 is 28.2 Å². The molecule has 1 saturated heterocycles. The molecule has 1 aromatic carbocycles. The highest BCUT2D eigenvalue weighted by molar-refractivity contribution is 5.71. The maximum atomic E-state index is 13.9. The molecule has 0 radical (unpaired) electrons. The molecule has 150 valence electrons. The van der Waals surface area contributed by atoms with Gasteiger partial charge in [-0.2, -0.15) is 0 Å². The number of amides is 1. The van der Waals surface area contributed by atoms with Crippen molar-refractivity contribution in [1.82, 2.24) is 4.90 Å². The highest BCUT2D eigenvalue weighted by Crippen LogP contribution is 2.28. The Balaban J connectivity index is 2.06. The monoisotopic (exact) mass is 381 g/mol. The summed E-state index contributed by atoms with van der Waals surface area (Å²) in [6.45, 7) is 7.72. The van der Waals surface area contributed by atoms with E-state index in [1.165, 1.54) is 6.07 Å². The van der Waals surface area contributed by atoms with Crippen LogP contribution in [0.3, 0.4) is 0 Å². The lowest BCUT2D eigenvalue weighted by Crippen LogP contribution is -2.40. The number of ether oxygens (including phenoxy) is 3. The van der Waals surface area contributed by atoms with Crippen LogP contribution in [0, 0.1) is 5.82 Å². The molecule has 0 spiro atoms. The Morgan fingerprint density at radius 2 is 1.96 bits per heavy atom. The molecule has 0 unspecified atom stereocenters. The standard InChI is InChI=1S/C20H28FNO5/c1-5-25-18(23)11-10-14-12-15(26-17-9-7-6-8-16(17)21)13-22(14)19(24)27-20(2,3)4/h6-9,14-15H,5,10-13H2,1-4H3/t14-,15+/m1/s1. The maximum absolute atomic E-state index is 13.9. The summed E-state index contributed by atoms with van der Waals surface area (Å²) in [5.41, 5.74) is -0.632. The van der Waals surface area contributed by atoms with Gasteiger partial charge >= 0.3 is 12.1 Å². The molecular weight excluding hydrogens is 353 g/mol. The lowest BCUT2D eigenvalue weighted by atomic mass is 10.1. The molecule has 27 heavy (non-hydrogen) atoms. The van der Waals surface area contributed by atoms with Gasteiger partial charge in [0, 0.05) is 18.9 Å². The number of nitrogens with zero attached hydrogens (tertiary/aromatic N) is 1. The predicted molar refractivity (Wildman–Crippen MR) is 98.0 cm³/mol. The van der Waals surface area contributed by atoms with Crippen LogP contribution in [0.25, 0.3) is 0 Å². The number of halogens is 1. The highest BCUT2D eigenvalue weighted by atomic mass is 19.1. The lowest BCUT2D eigenvalue weighted by molar-refractivity contribution is -0.143. The molecule has 6 nitrogen and oxygen atoms in total. The van der Waals surface area contributed by atoms with Crippen molar-refractivity contribution in [3.05, 3.63) is 30.1 Å². The van der Waals surface area contributed by atoms with Crippen molar-refractivity contribution in [2.24, 2.45) is 0 Å². The topological polar surface area (TPSA) is 65.1 Å². The summed E-state index contributed by atoms with van der Waals surface area (Å²) in [6.07, 6.45) is 0.296. The summed E-state index contributed by atoms with van der Waals surface area (Å²) in [5.74, 6) is -0.603. The Morgan fingerprint density at radius 1 is 1.26 bits per heavy atom. The van der Waals surface area contributed by atoms with E-state index in [1.807, 2.05) is 0 Å². The van der Waals surface area contributed by atoms with E-state index in [4.69, 9.17) is 14.2 Å². The van der Waals surface area contributed by atoms with E-state index in [9.17, 15) is 14.0 Å². The van der Waals surface area contributed by atoms with Gasteiger partial charge in [0.1, 0.15) is 11.7 Å². The molecule has 7 heteroatoms. The number of carbonyl (C=O) groups excluding carboxylic acids is 2. The molecular formula is C20H28FNO5. The molecule has 2 atom stereocenters. The van der Waals surface area contributed by atoms with Crippen LogP contribution in [-0.2, 0) is 14.3 Å².